The van der Waals surface area contributed by atoms with Gasteiger partial charge in [-0.05, 0) is 38.0 Å². The van der Waals surface area contributed by atoms with Gasteiger partial charge in [0, 0.05) is 17.5 Å². The van der Waals surface area contributed by atoms with E-state index in [9.17, 15) is 0 Å². The molecule has 2 nitrogen and oxygen atoms in total. The van der Waals surface area contributed by atoms with Gasteiger partial charge in [-0.15, -0.1) is 11.8 Å². The SMILES string of the molecule is CSCn1nc(C2CC2)cc1C1CC1. The van der Waals surface area contributed by atoms with Crippen molar-refractivity contribution in [2.75, 3.05) is 6.26 Å². The Labute approximate surface area is 89.1 Å². The van der Waals surface area contributed by atoms with Gasteiger partial charge in [-0.2, -0.15) is 5.10 Å². The average Bonchev–Trinajstić information content (AvgIpc) is 3.07. The van der Waals surface area contributed by atoms with Crippen molar-refractivity contribution in [2.45, 2.75) is 43.4 Å². The first-order chi connectivity index (χ1) is 6.88. The fourth-order valence-electron chi connectivity index (χ4n) is 1.96. The molecule has 0 bridgehead atoms. The lowest BCUT2D eigenvalue weighted by molar-refractivity contribution is 0.687. The number of rotatable bonds is 4. The van der Waals surface area contributed by atoms with Crippen LogP contribution >= 0.6 is 11.8 Å². The van der Waals surface area contributed by atoms with Crippen LogP contribution in [0.5, 0.6) is 0 Å². The highest BCUT2D eigenvalue weighted by Gasteiger charge is 2.32. The zero-order chi connectivity index (χ0) is 9.54. The van der Waals surface area contributed by atoms with E-state index in [4.69, 9.17) is 5.10 Å². The fraction of sp³-hybridized carbons (Fsp3) is 0.727. The van der Waals surface area contributed by atoms with Gasteiger partial charge in [0.15, 0.2) is 0 Å². The molecule has 2 saturated carbocycles. The van der Waals surface area contributed by atoms with Crippen LogP contribution in [0.2, 0.25) is 0 Å². The minimum Gasteiger partial charge on any atom is -0.259 e. The van der Waals surface area contributed by atoms with Crippen molar-refractivity contribution in [1.82, 2.24) is 9.78 Å². The Morgan fingerprint density at radius 2 is 2.07 bits per heavy atom. The molecule has 1 heterocycles. The lowest BCUT2D eigenvalue weighted by Crippen LogP contribution is -2.01. The number of nitrogens with zero attached hydrogens (tertiary/aromatic N) is 2. The van der Waals surface area contributed by atoms with Gasteiger partial charge >= 0.3 is 0 Å². The maximum atomic E-state index is 4.72. The molecule has 0 aromatic carbocycles. The van der Waals surface area contributed by atoms with E-state index in [1.165, 1.54) is 37.1 Å². The van der Waals surface area contributed by atoms with Crippen molar-refractivity contribution in [3.63, 3.8) is 0 Å². The zero-order valence-corrected chi connectivity index (χ0v) is 9.39. The van der Waals surface area contributed by atoms with Gasteiger partial charge in [0.2, 0.25) is 0 Å². The summed E-state index contributed by atoms with van der Waals surface area (Å²) in [7, 11) is 0. The predicted molar refractivity (Wildman–Crippen MR) is 59.7 cm³/mol. The van der Waals surface area contributed by atoms with Crippen molar-refractivity contribution < 1.29 is 0 Å². The van der Waals surface area contributed by atoms with Crippen LogP contribution < -0.4 is 0 Å². The summed E-state index contributed by atoms with van der Waals surface area (Å²) in [5.74, 6) is 2.66. The summed E-state index contributed by atoms with van der Waals surface area (Å²) in [5, 5.41) is 4.72. The van der Waals surface area contributed by atoms with E-state index >= 15 is 0 Å². The van der Waals surface area contributed by atoms with Gasteiger partial charge in [-0.1, -0.05) is 0 Å². The maximum Gasteiger partial charge on any atom is 0.0863 e. The van der Waals surface area contributed by atoms with Gasteiger partial charge in [-0.3, -0.25) is 4.68 Å². The highest BCUT2D eigenvalue weighted by atomic mass is 32.2. The Morgan fingerprint density at radius 1 is 1.36 bits per heavy atom. The summed E-state index contributed by atoms with van der Waals surface area (Å²) in [6.07, 6.45) is 7.63. The molecular weight excluding hydrogens is 192 g/mol. The predicted octanol–water partition coefficient (Wildman–Crippen LogP) is 2.96. The van der Waals surface area contributed by atoms with Crippen LogP contribution in [0, 0.1) is 0 Å². The minimum atomic E-state index is 0.801. The van der Waals surface area contributed by atoms with Crippen molar-refractivity contribution >= 4 is 11.8 Å². The third kappa shape index (κ3) is 1.58. The standard InChI is InChI=1S/C11H16N2S/c1-14-7-13-11(9-4-5-9)6-10(12-13)8-2-3-8/h6,8-9H,2-5,7H2,1H3. The van der Waals surface area contributed by atoms with Crippen LogP contribution in [0.4, 0.5) is 0 Å². The molecule has 14 heavy (non-hydrogen) atoms. The molecule has 2 aliphatic rings. The quantitative estimate of drug-likeness (QED) is 0.757. The molecule has 0 N–H and O–H groups in total. The Morgan fingerprint density at radius 3 is 2.64 bits per heavy atom. The Kier molecular flexibility index (Phi) is 2.08. The lowest BCUT2D eigenvalue weighted by atomic mass is 10.2. The van der Waals surface area contributed by atoms with E-state index in [1.54, 1.807) is 0 Å². The monoisotopic (exact) mass is 208 g/mol. The van der Waals surface area contributed by atoms with E-state index in [0.717, 1.165) is 17.7 Å². The summed E-state index contributed by atoms with van der Waals surface area (Å²) in [4.78, 5) is 0. The molecule has 0 unspecified atom stereocenters. The van der Waals surface area contributed by atoms with E-state index in [0.29, 0.717) is 0 Å². The summed E-state index contributed by atoms with van der Waals surface area (Å²) in [5.41, 5.74) is 2.86. The molecule has 1 aromatic rings. The number of thioether (sulfide) groups is 1. The third-order valence-corrected chi connectivity index (χ3v) is 3.58. The van der Waals surface area contributed by atoms with Crippen LogP contribution in [0.25, 0.3) is 0 Å². The van der Waals surface area contributed by atoms with Crippen LogP contribution in [-0.4, -0.2) is 16.0 Å². The number of hydrogen-bond donors (Lipinski definition) is 0. The normalized spacial score (nSPS) is 21.5. The highest BCUT2D eigenvalue weighted by Crippen LogP contribution is 2.44. The molecule has 3 rings (SSSR count). The largest absolute Gasteiger partial charge is 0.259 e. The molecule has 2 fully saturated rings. The minimum absolute atomic E-state index is 0.801. The van der Waals surface area contributed by atoms with Gasteiger partial charge in [-0.25, -0.2) is 0 Å². The van der Waals surface area contributed by atoms with Crippen molar-refractivity contribution in [3.05, 3.63) is 17.5 Å². The summed E-state index contributed by atoms with van der Waals surface area (Å²) in [6, 6.07) is 2.37. The second-order valence-corrected chi connectivity index (χ2v) is 5.30. The smallest absolute Gasteiger partial charge is 0.0863 e. The van der Waals surface area contributed by atoms with Crippen molar-refractivity contribution in [1.29, 1.82) is 0 Å². The average molecular weight is 208 g/mol. The first-order valence-electron chi connectivity index (χ1n) is 5.45. The Bertz CT molecular complexity index is 337. The van der Waals surface area contributed by atoms with E-state index in [1.807, 2.05) is 11.8 Å². The molecule has 0 atom stereocenters. The van der Waals surface area contributed by atoms with E-state index in [-0.39, 0.29) is 0 Å². The molecule has 3 heteroatoms. The topological polar surface area (TPSA) is 17.8 Å². The van der Waals surface area contributed by atoms with Gasteiger partial charge < -0.3 is 0 Å². The van der Waals surface area contributed by atoms with Crippen LogP contribution in [0.15, 0.2) is 6.07 Å². The molecule has 1 aromatic heterocycles. The summed E-state index contributed by atoms with van der Waals surface area (Å²) >= 11 is 1.86. The maximum absolute atomic E-state index is 4.72. The lowest BCUT2D eigenvalue weighted by Gasteiger charge is -2.02. The van der Waals surface area contributed by atoms with Gasteiger partial charge in [0.25, 0.3) is 0 Å². The van der Waals surface area contributed by atoms with Crippen LogP contribution in [0.3, 0.4) is 0 Å². The Balaban J connectivity index is 1.89. The third-order valence-electron chi connectivity index (χ3n) is 3.07. The molecule has 0 amide bonds. The number of hydrogen-bond acceptors (Lipinski definition) is 2. The molecule has 0 radical (unpaired) electrons. The van der Waals surface area contributed by atoms with E-state index in [2.05, 4.69) is 17.0 Å². The van der Waals surface area contributed by atoms with Crippen molar-refractivity contribution in [2.24, 2.45) is 0 Å². The number of aromatic nitrogens is 2. The molecule has 0 saturated heterocycles. The Hall–Kier alpha value is -0.440. The van der Waals surface area contributed by atoms with E-state index < -0.39 is 0 Å². The first-order valence-corrected chi connectivity index (χ1v) is 6.84. The molecular formula is C11H16N2S. The van der Waals surface area contributed by atoms with Crippen molar-refractivity contribution in [3.8, 4) is 0 Å². The zero-order valence-electron chi connectivity index (χ0n) is 8.57. The first kappa shape index (κ1) is 8.84. The summed E-state index contributed by atoms with van der Waals surface area (Å²) < 4.78 is 2.23. The highest BCUT2D eigenvalue weighted by molar-refractivity contribution is 7.97. The summed E-state index contributed by atoms with van der Waals surface area (Å²) in [6.45, 7) is 0. The second kappa shape index (κ2) is 3.30. The molecule has 2 aliphatic carbocycles. The molecule has 0 spiro atoms. The van der Waals surface area contributed by atoms with Crippen LogP contribution in [0.1, 0.15) is 48.9 Å². The molecule has 0 aliphatic heterocycles. The fourth-order valence-corrected chi connectivity index (χ4v) is 2.42. The van der Waals surface area contributed by atoms with Gasteiger partial charge in [0.05, 0.1) is 11.6 Å². The van der Waals surface area contributed by atoms with Gasteiger partial charge in [0.1, 0.15) is 0 Å². The van der Waals surface area contributed by atoms with Crippen LogP contribution in [-0.2, 0) is 5.88 Å². The second-order valence-electron chi connectivity index (χ2n) is 4.46. The molecule has 76 valence electrons.